The van der Waals surface area contributed by atoms with Crippen LogP contribution in [-0.4, -0.2) is 82.7 Å². The Bertz CT molecular complexity index is 1550. The minimum Gasteiger partial charge on any atom is -0.493 e. The molecule has 0 unspecified atom stereocenters. The molecular formula is C27H41N7O5S. The van der Waals surface area contributed by atoms with Crippen molar-refractivity contribution in [2.24, 2.45) is 13.0 Å². The van der Waals surface area contributed by atoms with E-state index in [4.69, 9.17) is 4.74 Å². The van der Waals surface area contributed by atoms with Crippen molar-refractivity contribution in [1.29, 1.82) is 0 Å². The van der Waals surface area contributed by atoms with Crippen LogP contribution in [0.1, 0.15) is 32.8 Å². The Morgan fingerprint density at radius 2 is 1.82 bits per heavy atom. The lowest BCUT2D eigenvalue weighted by atomic mass is 10.2. The number of likely N-dealkylation sites (N-methyl/N-ethyl adjacent to an activating group) is 1. The number of ether oxygens (including phenoxy) is 1. The Morgan fingerprint density at radius 1 is 1.10 bits per heavy atom. The minimum atomic E-state index is -3.61. The van der Waals surface area contributed by atoms with Crippen LogP contribution in [0.25, 0.3) is 11.2 Å². The summed E-state index contributed by atoms with van der Waals surface area (Å²) in [7, 11) is -0.142. The number of piperazine rings is 1. The molecule has 1 aliphatic rings. The van der Waals surface area contributed by atoms with Crippen molar-refractivity contribution in [2.75, 3.05) is 46.4 Å². The van der Waals surface area contributed by atoms with Gasteiger partial charge in [-0.15, -0.1) is 0 Å². The van der Waals surface area contributed by atoms with Crippen LogP contribution in [0.4, 0.5) is 0 Å². The molecule has 0 radical (unpaired) electrons. The van der Waals surface area contributed by atoms with Crippen LogP contribution < -0.4 is 21.3 Å². The van der Waals surface area contributed by atoms with Gasteiger partial charge in [0.15, 0.2) is 11.2 Å². The maximum absolute atomic E-state index is 13.3. The molecule has 0 bridgehead atoms. The molecule has 0 aliphatic carbocycles. The molecule has 13 heteroatoms. The number of nitrogens with one attached hydrogen (secondary N) is 1. The predicted octanol–water partition coefficient (Wildman–Crippen LogP) is 1.07. The lowest BCUT2D eigenvalue weighted by Crippen LogP contribution is -2.47. The van der Waals surface area contributed by atoms with E-state index in [9.17, 15) is 18.0 Å². The summed E-state index contributed by atoms with van der Waals surface area (Å²) in [6.45, 7) is 10.7. The van der Waals surface area contributed by atoms with E-state index >= 15 is 0 Å². The molecule has 0 amide bonds. The number of benzene rings is 1. The second kappa shape index (κ2) is 12.7. The van der Waals surface area contributed by atoms with Crippen molar-refractivity contribution in [3.8, 4) is 5.75 Å². The zero-order valence-corrected chi connectivity index (χ0v) is 24.9. The zero-order chi connectivity index (χ0) is 29.0. The number of hydrogen-bond donors (Lipinski definition) is 1. The van der Waals surface area contributed by atoms with E-state index in [-0.39, 0.29) is 22.1 Å². The van der Waals surface area contributed by atoms with Gasteiger partial charge in [0.25, 0.3) is 5.56 Å². The van der Waals surface area contributed by atoms with Crippen LogP contribution in [0.15, 0.2) is 39.0 Å². The number of imidazole rings is 1. The summed E-state index contributed by atoms with van der Waals surface area (Å²) in [5.74, 6) is 0.858. The molecule has 40 heavy (non-hydrogen) atoms. The molecule has 0 saturated carbocycles. The van der Waals surface area contributed by atoms with Crippen molar-refractivity contribution < 1.29 is 13.2 Å². The van der Waals surface area contributed by atoms with E-state index in [1.165, 1.54) is 11.4 Å². The Balaban J connectivity index is 1.52. The van der Waals surface area contributed by atoms with Crippen molar-refractivity contribution in [3.05, 3.63) is 50.9 Å². The molecule has 1 aromatic carbocycles. The number of aromatic nitrogens is 4. The van der Waals surface area contributed by atoms with Gasteiger partial charge in [0.2, 0.25) is 10.0 Å². The Morgan fingerprint density at radius 3 is 2.50 bits per heavy atom. The maximum atomic E-state index is 13.3. The summed E-state index contributed by atoms with van der Waals surface area (Å²) in [6, 6.07) is 5.04. The highest BCUT2D eigenvalue weighted by Crippen LogP contribution is 2.26. The van der Waals surface area contributed by atoms with Crippen molar-refractivity contribution in [1.82, 2.24) is 33.2 Å². The van der Waals surface area contributed by atoms with E-state index in [1.54, 1.807) is 33.7 Å². The SMILES string of the molecule is CCCOc1ccc(S(=O)(=O)N2CCN(C)CC2)cc1CNCCn1cnc2c1c(=O)n(C)c(=O)n2CC(C)C. The molecule has 3 aromatic rings. The fraction of sp³-hybridized carbons (Fsp3) is 0.593. The molecule has 12 nitrogen and oxygen atoms in total. The monoisotopic (exact) mass is 575 g/mol. The molecule has 1 fully saturated rings. The Labute approximate surface area is 235 Å². The first-order valence-corrected chi connectivity index (χ1v) is 15.3. The third-order valence-corrected chi connectivity index (χ3v) is 8.98. The molecule has 1 N–H and O–H groups in total. The summed E-state index contributed by atoms with van der Waals surface area (Å²) >= 11 is 0. The number of fused-ring (bicyclic) bond motifs is 1. The van der Waals surface area contributed by atoms with Gasteiger partial charge >= 0.3 is 5.69 Å². The molecule has 0 spiro atoms. The summed E-state index contributed by atoms with van der Waals surface area (Å²) in [5.41, 5.74) is 0.770. The van der Waals surface area contributed by atoms with Crippen LogP contribution in [-0.2, 0) is 36.7 Å². The van der Waals surface area contributed by atoms with Crippen molar-refractivity contribution in [2.45, 2.75) is 51.7 Å². The lowest BCUT2D eigenvalue weighted by molar-refractivity contribution is 0.222. The molecule has 4 rings (SSSR count). The van der Waals surface area contributed by atoms with Gasteiger partial charge in [0, 0.05) is 65.0 Å². The first kappa shape index (κ1) is 30.0. The number of nitrogens with zero attached hydrogens (tertiary/aromatic N) is 6. The van der Waals surface area contributed by atoms with Gasteiger partial charge in [-0.3, -0.25) is 13.9 Å². The van der Waals surface area contributed by atoms with Crippen LogP contribution in [0, 0.1) is 5.92 Å². The van der Waals surface area contributed by atoms with Gasteiger partial charge in [-0.25, -0.2) is 18.2 Å². The highest BCUT2D eigenvalue weighted by atomic mass is 32.2. The second-order valence-corrected chi connectivity index (χ2v) is 12.7. The quantitative estimate of drug-likeness (QED) is 0.318. The van der Waals surface area contributed by atoms with Crippen LogP contribution >= 0.6 is 0 Å². The molecule has 0 atom stereocenters. The minimum absolute atomic E-state index is 0.213. The summed E-state index contributed by atoms with van der Waals surface area (Å²) < 4.78 is 38.6. The highest BCUT2D eigenvalue weighted by molar-refractivity contribution is 7.89. The Kier molecular flexibility index (Phi) is 9.49. The number of sulfonamides is 1. The molecule has 2 aromatic heterocycles. The smallest absolute Gasteiger partial charge is 0.332 e. The fourth-order valence-electron chi connectivity index (χ4n) is 4.81. The van der Waals surface area contributed by atoms with Gasteiger partial charge < -0.3 is 19.5 Å². The largest absolute Gasteiger partial charge is 0.493 e. The van der Waals surface area contributed by atoms with Crippen molar-refractivity contribution >= 4 is 21.2 Å². The van der Waals surface area contributed by atoms with E-state index in [0.717, 1.165) is 16.6 Å². The third kappa shape index (κ3) is 6.32. The molecular weight excluding hydrogens is 534 g/mol. The molecule has 1 saturated heterocycles. The van der Waals surface area contributed by atoms with Gasteiger partial charge in [0.1, 0.15) is 5.75 Å². The van der Waals surface area contributed by atoms with Crippen molar-refractivity contribution in [3.63, 3.8) is 0 Å². The summed E-state index contributed by atoms with van der Waals surface area (Å²) in [4.78, 5) is 32.4. The van der Waals surface area contributed by atoms with Gasteiger partial charge in [-0.05, 0) is 37.6 Å². The zero-order valence-electron chi connectivity index (χ0n) is 24.1. The van der Waals surface area contributed by atoms with Gasteiger partial charge in [0.05, 0.1) is 17.8 Å². The normalized spacial score (nSPS) is 15.3. The molecule has 3 heterocycles. The Hall–Kier alpha value is -3.00. The van der Waals surface area contributed by atoms with E-state index < -0.39 is 10.0 Å². The predicted molar refractivity (Wildman–Crippen MR) is 154 cm³/mol. The van der Waals surface area contributed by atoms with Crippen LogP contribution in [0.3, 0.4) is 0 Å². The topological polar surface area (TPSA) is 124 Å². The van der Waals surface area contributed by atoms with Gasteiger partial charge in [-0.2, -0.15) is 4.31 Å². The number of rotatable bonds is 12. The van der Waals surface area contributed by atoms with Crippen LogP contribution in [0.2, 0.25) is 0 Å². The standard InChI is InChI=1S/C27H41N7O5S/c1-6-15-39-23-8-7-22(40(37,38)33-13-11-30(4)12-14-33)16-21(23)17-28-9-10-32-19-29-25-24(32)26(35)31(5)27(36)34(25)18-20(2)3/h7-8,16,19-20,28H,6,9-15,17-18H2,1-5H3. The maximum Gasteiger partial charge on any atom is 0.332 e. The van der Waals surface area contributed by atoms with Crippen LogP contribution in [0.5, 0.6) is 5.75 Å². The summed E-state index contributed by atoms with van der Waals surface area (Å²) in [6.07, 6.45) is 2.42. The average molecular weight is 576 g/mol. The van der Waals surface area contributed by atoms with E-state index in [2.05, 4.69) is 15.2 Å². The molecule has 1 aliphatic heterocycles. The first-order valence-electron chi connectivity index (χ1n) is 13.8. The molecule has 220 valence electrons. The lowest BCUT2D eigenvalue weighted by Gasteiger charge is -2.31. The highest BCUT2D eigenvalue weighted by Gasteiger charge is 2.28. The van der Waals surface area contributed by atoms with E-state index in [1.807, 2.05) is 27.8 Å². The summed E-state index contributed by atoms with van der Waals surface area (Å²) in [5, 5.41) is 3.36. The average Bonchev–Trinajstić information content (AvgIpc) is 3.35. The third-order valence-electron chi connectivity index (χ3n) is 7.09. The van der Waals surface area contributed by atoms with E-state index in [0.29, 0.717) is 75.9 Å². The second-order valence-electron chi connectivity index (χ2n) is 10.8. The first-order chi connectivity index (χ1) is 19.0. The fourth-order valence-corrected chi connectivity index (χ4v) is 6.29. The van der Waals surface area contributed by atoms with Gasteiger partial charge in [-0.1, -0.05) is 20.8 Å². The number of hydrogen-bond acceptors (Lipinski definition) is 8.